The van der Waals surface area contributed by atoms with E-state index in [1.165, 1.54) is 6.92 Å². The molecule has 1 aromatic carbocycles. The maximum Gasteiger partial charge on any atom is 0.221 e. The van der Waals surface area contributed by atoms with Crippen molar-refractivity contribution in [2.24, 2.45) is 5.73 Å². The minimum absolute atomic E-state index is 0.0910. The molecule has 0 aliphatic rings. The molecule has 0 aliphatic carbocycles. The summed E-state index contributed by atoms with van der Waals surface area (Å²) in [6.45, 7) is 6.08. The Kier molecular flexibility index (Phi) is 4.12. The Hall–Kier alpha value is -1.55. The molecule has 4 nitrogen and oxygen atoms in total. The van der Waals surface area contributed by atoms with Crippen molar-refractivity contribution >= 4 is 11.6 Å². The molecule has 17 heavy (non-hydrogen) atoms. The predicted octanol–water partition coefficient (Wildman–Crippen LogP) is 1.89. The molecule has 0 saturated carbocycles. The number of ether oxygens (including phenoxy) is 1. The number of rotatable bonds is 4. The second-order valence-electron chi connectivity index (χ2n) is 4.68. The van der Waals surface area contributed by atoms with E-state index in [0.29, 0.717) is 6.54 Å². The Morgan fingerprint density at radius 2 is 2.12 bits per heavy atom. The van der Waals surface area contributed by atoms with Gasteiger partial charge in [-0.3, -0.25) is 4.79 Å². The summed E-state index contributed by atoms with van der Waals surface area (Å²) in [6.07, 6.45) is 0. The van der Waals surface area contributed by atoms with Gasteiger partial charge in [0.2, 0.25) is 5.91 Å². The van der Waals surface area contributed by atoms with Gasteiger partial charge in [0.05, 0.1) is 7.11 Å². The monoisotopic (exact) mass is 236 g/mol. The van der Waals surface area contributed by atoms with Gasteiger partial charge in [0, 0.05) is 30.1 Å². The standard InChI is InChI=1S/C13H20N2O2/c1-9(16)15-10-5-6-12(17-4)11(7-10)13(2,3)8-14/h5-7H,8,14H2,1-4H3,(H,15,16). The SMILES string of the molecule is COc1ccc(NC(C)=O)cc1C(C)(C)CN. The highest BCUT2D eigenvalue weighted by atomic mass is 16.5. The number of anilines is 1. The number of hydrogen-bond acceptors (Lipinski definition) is 3. The summed E-state index contributed by atoms with van der Waals surface area (Å²) in [6, 6.07) is 5.57. The van der Waals surface area contributed by atoms with Crippen LogP contribution in [0.1, 0.15) is 26.3 Å². The maximum absolute atomic E-state index is 11.0. The zero-order chi connectivity index (χ0) is 13.1. The molecule has 0 heterocycles. The van der Waals surface area contributed by atoms with Crippen LogP contribution in [0.25, 0.3) is 0 Å². The Labute approximate surface area is 102 Å². The highest BCUT2D eigenvalue weighted by Gasteiger charge is 2.23. The molecule has 0 aromatic heterocycles. The maximum atomic E-state index is 11.0. The van der Waals surface area contributed by atoms with Gasteiger partial charge in [0.1, 0.15) is 5.75 Å². The zero-order valence-corrected chi connectivity index (χ0v) is 10.8. The molecule has 0 unspecified atom stereocenters. The smallest absolute Gasteiger partial charge is 0.221 e. The van der Waals surface area contributed by atoms with Crippen LogP contribution in [-0.4, -0.2) is 19.6 Å². The van der Waals surface area contributed by atoms with E-state index in [1.54, 1.807) is 7.11 Å². The third kappa shape index (κ3) is 3.20. The Morgan fingerprint density at radius 1 is 1.47 bits per heavy atom. The van der Waals surface area contributed by atoms with Gasteiger partial charge in [-0.1, -0.05) is 13.8 Å². The van der Waals surface area contributed by atoms with Gasteiger partial charge in [-0.05, 0) is 18.2 Å². The minimum atomic E-state index is -0.195. The highest BCUT2D eigenvalue weighted by molar-refractivity contribution is 5.88. The van der Waals surface area contributed by atoms with E-state index in [1.807, 2.05) is 32.0 Å². The molecule has 0 radical (unpaired) electrons. The minimum Gasteiger partial charge on any atom is -0.496 e. The van der Waals surface area contributed by atoms with Crippen LogP contribution in [0, 0.1) is 0 Å². The molecule has 0 saturated heterocycles. The van der Waals surface area contributed by atoms with Crippen molar-refractivity contribution in [3.63, 3.8) is 0 Å². The van der Waals surface area contributed by atoms with Crippen molar-refractivity contribution in [2.45, 2.75) is 26.2 Å². The van der Waals surface area contributed by atoms with Gasteiger partial charge < -0.3 is 15.8 Å². The number of hydrogen-bond donors (Lipinski definition) is 2. The van der Waals surface area contributed by atoms with E-state index in [2.05, 4.69) is 5.32 Å². The zero-order valence-electron chi connectivity index (χ0n) is 10.8. The molecule has 0 atom stereocenters. The molecule has 0 aliphatic heterocycles. The van der Waals surface area contributed by atoms with Crippen LogP contribution in [0.5, 0.6) is 5.75 Å². The largest absolute Gasteiger partial charge is 0.496 e. The lowest BCUT2D eigenvalue weighted by Crippen LogP contribution is -2.28. The van der Waals surface area contributed by atoms with Crippen LogP contribution in [0.2, 0.25) is 0 Å². The number of methoxy groups -OCH3 is 1. The van der Waals surface area contributed by atoms with E-state index in [9.17, 15) is 4.79 Å². The van der Waals surface area contributed by atoms with Crippen LogP contribution in [-0.2, 0) is 10.2 Å². The first-order valence-corrected chi connectivity index (χ1v) is 5.57. The van der Waals surface area contributed by atoms with Crippen LogP contribution >= 0.6 is 0 Å². The summed E-state index contributed by atoms with van der Waals surface area (Å²) in [7, 11) is 1.63. The molecular weight excluding hydrogens is 216 g/mol. The van der Waals surface area contributed by atoms with Crippen LogP contribution in [0.15, 0.2) is 18.2 Å². The summed E-state index contributed by atoms with van der Waals surface area (Å²) in [5.74, 6) is 0.696. The van der Waals surface area contributed by atoms with E-state index in [0.717, 1.165) is 17.0 Å². The van der Waals surface area contributed by atoms with E-state index < -0.39 is 0 Å². The number of carbonyl (C=O) groups excluding carboxylic acids is 1. The number of amides is 1. The van der Waals surface area contributed by atoms with E-state index in [4.69, 9.17) is 10.5 Å². The van der Waals surface area contributed by atoms with Crippen LogP contribution in [0.3, 0.4) is 0 Å². The first-order valence-electron chi connectivity index (χ1n) is 5.57. The average molecular weight is 236 g/mol. The van der Waals surface area contributed by atoms with Crippen molar-refractivity contribution in [1.82, 2.24) is 0 Å². The fourth-order valence-corrected chi connectivity index (χ4v) is 1.63. The molecule has 94 valence electrons. The van der Waals surface area contributed by atoms with Crippen molar-refractivity contribution in [3.8, 4) is 5.75 Å². The summed E-state index contributed by atoms with van der Waals surface area (Å²) in [5.41, 5.74) is 7.33. The van der Waals surface area contributed by atoms with Gasteiger partial charge >= 0.3 is 0 Å². The van der Waals surface area contributed by atoms with Crippen LogP contribution in [0.4, 0.5) is 5.69 Å². The Bertz CT molecular complexity index is 414. The molecule has 0 fully saturated rings. The molecule has 4 heteroatoms. The van der Waals surface area contributed by atoms with Gasteiger partial charge in [-0.2, -0.15) is 0 Å². The quantitative estimate of drug-likeness (QED) is 0.839. The lowest BCUT2D eigenvalue weighted by Gasteiger charge is -2.26. The summed E-state index contributed by atoms with van der Waals surface area (Å²) < 4.78 is 5.33. The fourth-order valence-electron chi connectivity index (χ4n) is 1.63. The molecule has 1 amide bonds. The molecule has 0 bridgehead atoms. The molecular formula is C13H20N2O2. The number of nitrogens with two attached hydrogens (primary N) is 1. The van der Waals surface area contributed by atoms with Crippen molar-refractivity contribution < 1.29 is 9.53 Å². The lowest BCUT2D eigenvalue weighted by atomic mass is 9.84. The third-order valence-corrected chi connectivity index (χ3v) is 2.76. The molecule has 1 aromatic rings. The van der Waals surface area contributed by atoms with Crippen molar-refractivity contribution in [2.75, 3.05) is 19.0 Å². The normalized spacial score (nSPS) is 11.1. The number of carbonyl (C=O) groups is 1. The summed E-state index contributed by atoms with van der Waals surface area (Å²) in [4.78, 5) is 11.0. The van der Waals surface area contributed by atoms with E-state index >= 15 is 0 Å². The molecule has 3 N–H and O–H groups in total. The second kappa shape index (κ2) is 5.19. The average Bonchev–Trinajstić information content (AvgIpc) is 2.28. The summed E-state index contributed by atoms with van der Waals surface area (Å²) >= 11 is 0. The highest BCUT2D eigenvalue weighted by Crippen LogP contribution is 2.33. The first-order chi connectivity index (χ1) is 7.90. The number of benzene rings is 1. The molecule has 1 rings (SSSR count). The van der Waals surface area contributed by atoms with Crippen LogP contribution < -0.4 is 15.8 Å². The van der Waals surface area contributed by atoms with Gasteiger partial charge in [0.25, 0.3) is 0 Å². The van der Waals surface area contributed by atoms with Crippen molar-refractivity contribution in [3.05, 3.63) is 23.8 Å². The van der Waals surface area contributed by atoms with Gasteiger partial charge in [0.15, 0.2) is 0 Å². The lowest BCUT2D eigenvalue weighted by molar-refractivity contribution is -0.114. The van der Waals surface area contributed by atoms with Crippen molar-refractivity contribution in [1.29, 1.82) is 0 Å². The summed E-state index contributed by atoms with van der Waals surface area (Å²) in [5, 5.41) is 2.76. The number of nitrogens with one attached hydrogen (secondary N) is 1. The van der Waals surface area contributed by atoms with Gasteiger partial charge in [-0.25, -0.2) is 0 Å². The molecule has 0 spiro atoms. The predicted molar refractivity (Wildman–Crippen MR) is 69.4 cm³/mol. The first kappa shape index (κ1) is 13.5. The van der Waals surface area contributed by atoms with Gasteiger partial charge in [-0.15, -0.1) is 0 Å². The van der Waals surface area contributed by atoms with E-state index in [-0.39, 0.29) is 11.3 Å². The topological polar surface area (TPSA) is 64.3 Å². The third-order valence-electron chi connectivity index (χ3n) is 2.76. The second-order valence-corrected chi connectivity index (χ2v) is 4.68. The Balaban J connectivity index is 3.19. The Morgan fingerprint density at radius 3 is 2.59 bits per heavy atom. The fraction of sp³-hybridized carbons (Fsp3) is 0.462.